The molecule has 4 nitrogen and oxygen atoms in total. The number of nitrogens with zero attached hydrogens (tertiary/aromatic N) is 1. The number of carboxylic acid groups (broad SMARTS) is 1. The van der Waals surface area contributed by atoms with Crippen molar-refractivity contribution in [3.8, 4) is 0 Å². The molecule has 2 aromatic carbocycles. The molecule has 1 saturated heterocycles. The van der Waals surface area contributed by atoms with Crippen molar-refractivity contribution in [1.82, 2.24) is 4.90 Å². The summed E-state index contributed by atoms with van der Waals surface area (Å²) in [5, 5.41) is 9.52. The van der Waals surface area contributed by atoms with E-state index in [9.17, 15) is 9.90 Å². The number of ether oxygens (including phenoxy) is 1. The van der Waals surface area contributed by atoms with Crippen LogP contribution in [0.1, 0.15) is 37.8 Å². The number of aliphatic carboxylic acids is 1. The predicted octanol–water partition coefficient (Wildman–Crippen LogP) is 4.35. The molecule has 0 bridgehead atoms. The molecule has 4 heteroatoms. The Labute approximate surface area is 161 Å². The largest absolute Gasteiger partial charge is 0.481 e. The van der Waals surface area contributed by atoms with Crippen LogP contribution in [0.4, 0.5) is 0 Å². The second kappa shape index (κ2) is 9.16. The van der Waals surface area contributed by atoms with Crippen LogP contribution >= 0.6 is 0 Å². The first-order valence-electron chi connectivity index (χ1n) is 9.77. The highest BCUT2D eigenvalue weighted by atomic mass is 16.5. The van der Waals surface area contributed by atoms with Gasteiger partial charge in [0.15, 0.2) is 0 Å². The number of rotatable bonds is 8. The maximum atomic E-state index is 11.6. The van der Waals surface area contributed by atoms with E-state index in [2.05, 4.69) is 30.9 Å². The molecule has 1 unspecified atom stereocenters. The summed E-state index contributed by atoms with van der Waals surface area (Å²) in [6.07, 6.45) is 0.998. The van der Waals surface area contributed by atoms with Gasteiger partial charge in [0, 0.05) is 18.6 Å². The third kappa shape index (κ3) is 4.76. The molecule has 1 heterocycles. The van der Waals surface area contributed by atoms with Gasteiger partial charge in [-0.1, -0.05) is 74.5 Å². The van der Waals surface area contributed by atoms with Gasteiger partial charge in [-0.2, -0.15) is 0 Å². The van der Waals surface area contributed by atoms with Gasteiger partial charge >= 0.3 is 5.97 Å². The van der Waals surface area contributed by atoms with Crippen molar-refractivity contribution in [3.05, 3.63) is 71.8 Å². The number of hydrogen-bond acceptors (Lipinski definition) is 3. The van der Waals surface area contributed by atoms with Gasteiger partial charge in [-0.05, 0) is 23.5 Å². The Hall–Kier alpha value is -2.17. The Morgan fingerprint density at radius 1 is 1.00 bits per heavy atom. The SMILES string of the molecule is CC[C@@H]1[C@@H](C)[C@H](OCc2ccccc2)C(CC(=O)O)N1Cc1ccccc1. The molecule has 27 heavy (non-hydrogen) atoms. The molecular weight excluding hydrogens is 338 g/mol. The van der Waals surface area contributed by atoms with Gasteiger partial charge in [-0.15, -0.1) is 0 Å². The van der Waals surface area contributed by atoms with Crippen LogP contribution in [0.2, 0.25) is 0 Å². The van der Waals surface area contributed by atoms with E-state index in [1.807, 2.05) is 48.5 Å². The van der Waals surface area contributed by atoms with Crippen LogP contribution in [0, 0.1) is 5.92 Å². The summed E-state index contributed by atoms with van der Waals surface area (Å²) in [6, 6.07) is 20.6. The van der Waals surface area contributed by atoms with Crippen LogP contribution in [0.15, 0.2) is 60.7 Å². The fraction of sp³-hybridized carbons (Fsp3) is 0.435. The molecule has 0 aliphatic carbocycles. The highest BCUT2D eigenvalue weighted by Gasteiger charge is 2.47. The Bertz CT molecular complexity index is 719. The van der Waals surface area contributed by atoms with Gasteiger partial charge < -0.3 is 9.84 Å². The summed E-state index contributed by atoms with van der Waals surface area (Å²) >= 11 is 0. The normalized spacial score (nSPS) is 25.6. The molecule has 1 aliphatic rings. The zero-order valence-corrected chi connectivity index (χ0v) is 16.1. The summed E-state index contributed by atoms with van der Waals surface area (Å²) in [5.74, 6) is -0.484. The Morgan fingerprint density at radius 3 is 2.15 bits per heavy atom. The number of benzene rings is 2. The Kier molecular flexibility index (Phi) is 6.64. The van der Waals surface area contributed by atoms with E-state index in [1.54, 1.807) is 0 Å². The maximum absolute atomic E-state index is 11.6. The fourth-order valence-corrected chi connectivity index (χ4v) is 4.38. The highest BCUT2D eigenvalue weighted by Crippen LogP contribution is 2.37. The summed E-state index contributed by atoms with van der Waals surface area (Å²) in [6.45, 7) is 5.65. The van der Waals surface area contributed by atoms with Crippen LogP contribution in [0.3, 0.4) is 0 Å². The third-order valence-corrected chi connectivity index (χ3v) is 5.65. The smallest absolute Gasteiger partial charge is 0.305 e. The minimum Gasteiger partial charge on any atom is -0.481 e. The maximum Gasteiger partial charge on any atom is 0.305 e. The predicted molar refractivity (Wildman–Crippen MR) is 106 cm³/mol. The van der Waals surface area contributed by atoms with Crippen molar-refractivity contribution in [2.75, 3.05) is 0 Å². The molecule has 0 aromatic heterocycles. The summed E-state index contributed by atoms with van der Waals surface area (Å²) in [7, 11) is 0. The monoisotopic (exact) mass is 367 g/mol. The number of likely N-dealkylation sites (tertiary alicyclic amines) is 1. The van der Waals surface area contributed by atoms with E-state index in [1.165, 1.54) is 5.56 Å². The van der Waals surface area contributed by atoms with Gasteiger partial charge in [0.25, 0.3) is 0 Å². The second-order valence-corrected chi connectivity index (χ2v) is 7.42. The molecule has 1 fully saturated rings. The molecule has 0 radical (unpaired) electrons. The van der Waals surface area contributed by atoms with Crippen molar-refractivity contribution >= 4 is 5.97 Å². The average Bonchev–Trinajstić information content (AvgIpc) is 2.91. The third-order valence-electron chi connectivity index (χ3n) is 5.65. The highest BCUT2D eigenvalue weighted by molar-refractivity contribution is 5.67. The average molecular weight is 367 g/mol. The van der Waals surface area contributed by atoms with Crippen molar-refractivity contribution in [2.45, 2.75) is 58.0 Å². The summed E-state index contributed by atoms with van der Waals surface area (Å²) in [4.78, 5) is 13.9. The minimum absolute atomic E-state index is 0.0880. The minimum atomic E-state index is -0.768. The van der Waals surface area contributed by atoms with E-state index >= 15 is 0 Å². The standard InChI is InChI=1S/C23H29NO3/c1-3-20-17(2)23(27-16-19-12-8-5-9-13-19)21(14-22(25)26)24(20)15-18-10-6-4-7-11-18/h4-13,17,20-21,23H,3,14-16H2,1-2H3,(H,25,26)/t17-,20-,21?,23+/m1/s1. The van der Waals surface area contributed by atoms with Crippen LogP contribution in [-0.4, -0.2) is 34.2 Å². The van der Waals surface area contributed by atoms with Crippen LogP contribution in [-0.2, 0) is 22.7 Å². The Balaban J connectivity index is 1.80. The number of carboxylic acids is 1. The zero-order chi connectivity index (χ0) is 19.2. The van der Waals surface area contributed by atoms with Crippen molar-refractivity contribution in [1.29, 1.82) is 0 Å². The first-order chi connectivity index (χ1) is 13.1. The molecule has 0 saturated carbocycles. The molecule has 144 valence electrons. The summed E-state index contributed by atoms with van der Waals surface area (Å²) < 4.78 is 6.31. The molecule has 1 N–H and O–H groups in total. The lowest BCUT2D eigenvalue weighted by Crippen LogP contribution is -2.40. The van der Waals surface area contributed by atoms with E-state index in [0.29, 0.717) is 12.6 Å². The Morgan fingerprint density at radius 2 is 1.59 bits per heavy atom. The lowest BCUT2D eigenvalue weighted by Gasteiger charge is -2.30. The second-order valence-electron chi connectivity index (χ2n) is 7.42. The van der Waals surface area contributed by atoms with Crippen molar-refractivity contribution in [3.63, 3.8) is 0 Å². The van der Waals surface area contributed by atoms with Gasteiger partial charge in [0.1, 0.15) is 0 Å². The first kappa shape index (κ1) is 19.6. The van der Waals surface area contributed by atoms with E-state index < -0.39 is 5.97 Å². The number of hydrogen-bond donors (Lipinski definition) is 1. The van der Waals surface area contributed by atoms with Crippen LogP contribution in [0.25, 0.3) is 0 Å². The molecule has 1 aliphatic heterocycles. The lowest BCUT2D eigenvalue weighted by atomic mass is 9.95. The molecule has 4 atom stereocenters. The van der Waals surface area contributed by atoms with Crippen molar-refractivity contribution < 1.29 is 14.6 Å². The van der Waals surface area contributed by atoms with E-state index in [4.69, 9.17) is 4.74 Å². The topological polar surface area (TPSA) is 49.8 Å². The zero-order valence-electron chi connectivity index (χ0n) is 16.1. The molecule has 3 rings (SSSR count). The van der Waals surface area contributed by atoms with E-state index in [0.717, 1.165) is 18.5 Å². The van der Waals surface area contributed by atoms with Gasteiger partial charge in [0.2, 0.25) is 0 Å². The first-order valence-corrected chi connectivity index (χ1v) is 9.77. The van der Waals surface area contributed by atoms with Gasteiger partial charge in [-0.25, -0.2) is 0 Å². The molecule has 0 spiro atoms. The number of carbonyl (C=O) groups is 1. The quantitative estimate of drug-likeness (QED) is 0.754. The lowest BCUT2D eigenvalue weighted by molar-refractivity contribution is -0.139. The molecule has 0 amide bonds. The fourth-order valence-electron chi connectivity index (χ4n) is 4.38. The van der Waals surface area contributed by atoms with Crippen LogP contribution < -0.4 is 0 Å². The van der Waals surface area contributed by atoms with Gasteiger partial charge in [0.05, 0.1) is 19.1 Å². The van der Waals surface area contributed by atoms with E-state index in [-0.39, 0.29) is 24.5 Å². The molecular formula is C23H29NO3. The van der Waals surface area contributed by atoms with Gasteiger partial charge in [-0.3, -0.25) is 9.69 Å². The molecule has 2 aromatic rings. The van der Waals surface area contributed by atoms with Crippen LogP contribution in [0.5, 0.6) is 0 Å². The summed E-state index contributed by atoms with van der Waals surface area (Å²) in [5.41, 5.74) is 2.33. The van der Waals surface area contributed by atoms with Crippen molar-refractivity contribution in [2.24, 2.45) is 5.92 Å².